The van der Waals surface area contributed by atoms with Crippen LogP contribution < -0.4 is 0 Å². The van der Waals surface area contributed by atoms with Gasteiger partial charge in [0.15, 0.2) is 0 Å². The zero-order chi connectivity index (χ0) is 13.8. The van der Waals surface area contributed by atoms with Gasteiger partial charge in [0.2, 0.25) is 0 Å². The van der Waals surface area contributed by atoms with Gasteiger partial charge in [-0.15, -0.1) is 0 Å². The topological polar surface area (TPSA) is 29.5 Å². The lowest BCUT2D eigenvalue weighted by Crippen LogP contribution is -2.42. The van der Waals surface area contributed by atoms with Gasteiger partial charge in [-0.1, -0.05) is 19.8 Å². The van der Waals surface area contributed by atoms with Crippen molar-refractivity contribution >= 4 is 5.78 Å². The zero-order valence-corrected chi connectivity index (χ0v) is 12.7. The molecule has 0 aromatic rings. The van der Waals surface area contributed by atoms with Crippen LogP contribution in [0.3, 0.4) is 0 Å². The molecule has 2 rings (SSSR count). The van der Waals surface area contributed by atoms with Crippen molar-refractivity contribution in [2.75, 3.05) is 20.2 Å². The summed E-state index contributed by atoms with van der Waals surface area (Å²) < 4.78 is 5.64. The smallest absolute Gasteiger partial charge is 0.137 e. The van der Waals surface area contributed by atoms with E-state index in [2.05, 4.69) is 25.8 Å². The Labute approximate surface area is 117 Å². The predicted octanol–water partition coefficient (Wildman–Crippen LogP) is 2.88. The molecule has 1 heterocycles. The van der Waals surface area contributed by atoms with Gasteiger partial charge in [0.1, 0.15) is 5.78 Å². The van der Waals surface area contributed by atoms with Crippen molar-refractivity contribution in [2.45, 2.75) is 64.5 Å². The fourth-order valence-corrected chi connectivity index (χ4v) is 3.83. The minimum absolute atomic E-state index is 0.267. The minimum atomic E-state index is 0.267. The van der Waals surface area contributed by atoms with Gasteiger partial charge in [0, 0.05) is 31.5 Å². The summed E-state index contributed by atoms with van der Waals surface area (Å²) in [6.45, 7) is 6.19. The highest BCUT2D eigenvalue weighted by molar-refractivity contribution is 5.81. The molecule has 4 unspecified atom stereocenters. The number of hydrogen-bond acceptors (Lipinski definition) is 3. The van der Waals surface area contributed by atoms with Crippen molar-refractivity contribution in [1.82, 2.24) is 4.90 Å². The molecule has 0 amide bonds. The number of rotatable bonds is 5. The number of likely N-dealkylation sites (N-methyl/N-ethyl adjacent to an activating group) is 1. The van der Waals surface area contributed by atoms with E-state index in [1.54, 1.807) is 0 Å². The second-order valence-electron chi connectivity index (χ2n) is 6.46. The van der Waals surface area contributed by atoms with E-state index in [1.165, 1.54) is 12.8 Å². The number of carbonyl (C=O) groups is 1. The molecule has 19 heavy (non-hydrogen) atoms. The number of carbonyl (C=O) groups excluding carboxylic acids is 1. The van der Waals surface area contributed by atoms with Crippen molar-refractivity contribution in [2.24, 2.45) is 11.8 Å². The molecule has 4 atom stereocenters. The van der Waals surface area contributed by atoms with Crippen LogP contribution in [0.25, 0.3) is 0 Å². The van der Waals surface area contributed by atoms with Crippen molar-refractivity contribution in [3.63, 3.8) is 0 Å². The second kappa shape index (κ2) is 6.85. The summed E-state index contributed by atoms with van der Waals surface area (Å²) in [6, 6.07) is 0.499. The lowest BCUT2D eigenvalue weighted by atomic mass is 9.78. The Morgan fingerprint density at radius 1 is 1.37 bits per heavy atom. The van der Waals surface area contributed by atoms with Crippen LogP contribution in [0.2, 0.25) is 0 Å². The summed E-state index contributed by atoms with van der Waals surface area (Å²) >= 11 is 0. The largest absolute Gasteiger partial charge is 0.377 e. The quantitative estimate of drug-likeness (QED) is 0.767. The van der Waals surface area contributed by atoms with E-state index in [9.17, 15) is 4.79 Å². The molecule has 1 saturated carbocycles. The number of ether oxygens (including phenoxy) is 1. The molecule has 2 fully saturated rings. The summed E-state index contributed by atoms with van der Waals surface area (Å²) in [5.74, 6) is 1.53. The van der Waals surface area contributed by atoms with Crippen molar-refractivity contribution < 1.29 is 9.53 Å². The summed E-state index contributed by atoms with van der Waals surface area (Å²) in [4.78, 5) is 14.5. The van der Waals surface area contributed by atoms with E-state index in [0.29, 0.717) is 17.9 Å². The highest BCUT2D eigenvalue weighted by atomic mass is 16.5. The maximum atomic E-state index is 12.1. The van der Waals surface area contributed by atoms with Gasteiger partial charge < -0.3 is 9.64 Å². The van der Waals surface area contributed by atoms with Crippen LogP contribution in [0, 0.1) is 11.8 Å². The first kappa shape index (κ1) is 15.0. The van der Waals surface area contributed by atoms with Crippen molar-refractivity contribution in [3.05, 3.63) is 0 Å². The molecule has 0 N–H and O–H groups in total. The number of ketones is 1. The van der Waals surface area contributed by atoms with Gasteiger partial charge in [-0.2, -0.15) is 0 Å². The van der Waals surface area contributed by atoms with Crippen molar-refractivity contribution in [3.8, 4) is 0 Å². The van der Waals surface area contributed by atoms with Crippen LogP contribution in [0.4, 0.5) is 0 Å². The molecule has 3 heteroatoms. The van der Waals surface area contributed by atoms with Gasteiger partial charge in [0.25, 0.3) is 0 Å². The third-order valence-electron chi connectivity index (χ3n) is 4.98. The maximum Gasteiger partial charge on any atom is 0.137 e. The molecule has 2 aliphatic rings. The summed E-state index contributed by atoms with van der Waals surface area (Å²) in [5, 5.41) is 0. The van der Waals surface area contributed by atoms with E-state index >= 15 is 0 Å². The number of nitrogens with zero attached hydrogens (tertiary/aromatic N) is 1. The van der Waals surface area contributed by atoms with Crippen LogP contribution in [-0.2, 0) is 9.53 Å². The molecule has 0 spiro atoms. The Morgan fingerprint density at radius 2 is 2.16 bits per heavy atom. The lowest BCUT2D eigenvalue weighted by Gasteiger charge is -2.34. The number of Topliss-reactive ketones (excluding diaryl/α,β-unsaturated/α-hetero) is 1. The predicted molar refractivity (Wildman–Crippen MR) is 77.2 cm³/mol. The van der Waals surface area contributed by atoms with Gasteiger partial charge in [0.05, 0.1) is 6.10 Å². The third-order valence-corrected chi connectivity index (χ3v) is 4.98. The average molecular weight is 267 g/mol. The lowest BCUT2D eigenvalue weighted by molar-refractivity contribution is -0.126. The Hall–Kier alpha value is -0.410. The molecule has 110 valence electrons. The van der Waals surface area contributed by atoms with Gasteiger partial charge in [-0.3, -0.25) is 4.79 Å². The van der Waals surface area contributed by atoms with Crippen LogP contribution in [0.1, 0.15) is 52.4 Å². The molecular formula is C16H29NO2. The molecular weight excluding hydrogens is 238 g/mol. The summed E-state index contributed by atoms with van der Waals surface area (Å²) in [5.41, 5.74) is 0. The first-order valence-electron chi connectivity index (χ1n) is 7.96. The summed E-state index contributed by atoms with van der Waals surface area (Å²) in [6.07, 6.45) is 6.99. The molecule has 0 aromatic carbocycles. The Balaban J connectivity index is 1.87. The third kappa shape index (κ3) is 3.79. The molecule has 1 aliphatic carbocycles. The van der Waals surface area contributed by atoms with Crippen molar-refractivity contribution in [1.29, 1.82) is 0 Å². The highest BCUT2D eigenvalue weighted by Crippen LogP contribution is 2.31. The number of hydrogen-bond donors (Lipinski definition) is 0. The Morgan fingerprint density at radius 3 is 2.79 bits per heavy atom. The molecule has 0 radical (unpaired) electrons. The fourth-order valence-electron chi connectivity index (χ4n) is 3.83. The Kier molecular flexibility index (Phi) is 5.40. The SMILES string of the molecule is CCCC1CCC(=O)C(CN(C)C2CCOC2C)C1. The highest BCUT2D eigenvalue weighted by Gasteiger charge is 2.33. The van der Waals surface area contributed by atoms with E-state index < -0.39 is 0 Å². The fraction of sp³-hybridized carbons (Fsp3) is 0.938. The molecule has 0 bridgehead atoms. The molecule has 1 saturated heterocycles. The van der Waals surface area contributed by atoms with E-state index in [1.807, 2.05) is 0 Å². The van der Waals surface area contributed by atoms with Crippen LogP contribution in [-0.4, -0.2) is 43.0 Å². The molecule has 0 aromatic heterocycles. The first-order valence-corrected chi connectivity index (χ1v) is 7.96. The van der Waals surface area contributed by atoms with Gasteiger partial charge in [-0.25, -0.2) is 0 Å². The monoisotopic (exact) mass is 267 g/mol. The molecule has 1 aliphatic heterocycles. The van der Waals surface area contributed by atoms with E-state index in [-0.39, 0.29) is 5.92 Å². The van der Waals surface area contributed by atoms with Crippen LogP contribution in [0.5, 0.6) is 0 Å². The first-order chi connectivity index (χ1) is 9.11. The van der Waals surface area contributed by atoms with Crippen LogP contribution in [0.15, 0.2) is 0 Å². The van der Waals surface area contributed by atoms with Crippen LogP contribution >= 0.6 is 0 Å². The van der Waals surface area contributed by atoms with E-state index in [0.717, 1.165) is 44.8 Å². The summed E-state index contributed by atoms with van der Waals surface area (Å²) in [7, 11) is 2.16. The minimum Gasteiger partial charge on any atom is -0.377 e. The van der Waals surface area contributed by atoms with Gasteiger partial charge in [-0.05, 0) is 39.2 Å². The standard InChI is InChI=1S/C16H29NO2/c1-4-5-13-6-7-16(18)14(10-13)11-17(3)15-8-9-19-12(15)2/h12-15H,4-11H2,1-3H3. The van der Waals surface area contributed by atoms with Gasteiger partial charge >= 0.3 is 0 Å². The Bertz CT molecular complexity index is 305. The second-order valence-corrected chi connectivity index (χ2v) is 6.46. The van der Waals surface area contributed by atoms with E-state index in [4.69, 9.17) is 4.74 Å². The zero-order valence-electron chi connectivity index (χ0n) is 12.7. The normalized spacial score (nSPS) is 36.1. The average Bonchev–Trinajstić information content (AvgIpc) is 2.80. The molecule has 3 nitrogen and oxygen atoms in total. The maximum absolute atomic E-state index is 12.1.